The number of carbonyl (C=O) groups is 1. The van der Waals surface area contributed by atoms with Gasteiger partial charge in [-0.05, 0) is 19.3 Å². The number of nitrogens with two attached hydrogens (primary N) is 1. The van der Waals surface area contributed by atoms with Gasteiger partial charge < -0.3 is 15.8 Å². The zero-order valence-corrected chi connectivity index (χ0v) is 12.0. The molecule has 6 heteroatoms. The third-order valence-electron chi connectivity index (χ3n) is 3.79. The Bertz CT molecular complexity index is 402. The molecule has 1 atom stereocenters. The van der Waals surface area contributed by atoms with E-state index in [2.05, 4.69) is 10.3 Å². The summed E-state index contributed by atoms with van der Waals surface area (Å²) in [4.78, 5) is 16.8. The van der Waals surface area contributed by atoms with Crippen LogP contribution in [0.15, 0.2) is 11.6 Å². The van der Waals surface area contributed by atoms with Gasteiger partial charge in [0.1, 0.15) is 5.01 Å². The first-order valence-corrected chi connectivity index (χ1v) is 7.58. The van der Waals surface area contributed by atoms with Crippen molar-refractivity contribution in [1.29, 1.82) is 0 Å². The van der Waals surface area contributed by atoms with E-state index in [0.29, 0.717) is 32.6 Å². The Morgan fingerprint density at radius 2 is 2.37 bits per heavy atom. The van der Waals surface area contributed by atoms with E-state index in [9.17, 15) is 4.79 Å². The van der Waals surface area contributed by atoms with Crippen molar-refractivity contribution in [2.45, 2.75) is 32.2 Å². The summed E-state index contributed by atoms with van der Waals surface area (Å²) < 4.78 is 5.33. The minimum absolute atomic E-state index is 0.0150. The molecule has 1 unspecified atom stereocenters. The lowest BCUT2D eigenvalue weighted by Gasteiger charge is -2.35. The highest BCUT2D eigenvalue weighted by Gasteiger charge is 2.39. The molecule has 2 rings (SSSR count). The van der Waals surface area contributed by atoms with Gasteiger partial charge in [-0.3, -0.25) is 4.79 Å². The van der Waals surface area contributed by atoms with E-state index in [1.54, 1.807) is 17.5 Å². The fraction of sp³-hybridized carbons (Fsp3) is 0.692. The molecule has 1 fully saturated rings. The molecule has 0 spiro atoms. The first-order valence-electron chi connectivity index (χ1n) is 6.70. The predicted molar refractivity (Wildman–Crippen MR) is 74.8 cm³/mol. The molecular weight excluding hydrogens is 262 g/mol. The molecule has 106 valence electrons. The topological polar surface area (TPSA) is 77.2 Å². The van der Waals surface area contributed by atoms with Crippen LogP contribution in [-0.4, -0.2) is 30.6 Å². The van der Waals surface area contributed by atoms with Crippen molar-refractivity contribution in [3.05, 3.63) is 16.6 Å². The van der Waals surface area contributed by atoms with Crippen LogP contribution in [-0.2, 0) is 9.53 Å². The summed E-state index contributed by atoms with van der Waals surface area (Å²) in [5, 5.41) is 5.99. The quantitative estimate of drug-likeness (QED) is 0.858. The third-order valence-corrected chi connectivity index (χ3v) is 4.67. The van der Waals surface area contributed by atoms with Crippen LogP contribution in [0.1, 0.15) is 37.2 Å². The van der Waals surface area contributed by atoms with Crippen molar-refractivity contribution in [2.75, 3.05) is 19.8 Å². The smallest absolute Gasteiger partial charge is 0.228 e. The molecule has 1 saturated heterocycles. The monoisotopic (exact) mass is 283 g/mol. The van der Waals surface area contributed by atoms with E-state index in [1.165, 1.54) is 0 Å². The van der Waals surface area contributed by atoms with Crippen LogP contribution >= 0.6 is 11.3 Å². The second-order valence-electron chi connectivity index (χ2n) is 4.90. The second kappa shape index (κ2) is 6.45. The number of thiazole rings is 1. The molecule has 1 aromatic rings. The summed E-state index contributed by atoms with van der Waals surface area (Å²) in [5.41, 5.74) is 5.38. The fourth-order valence-electron chi connectivity index (χ4n) is 2.34. The number of hydrogen-bond acceptors (Lipinski definition) is 5. The Labute approximate surface area is 117 Å². The first-order chi connectivity index (χ1) is 9.22. The third kappa shape index (κ3) is 3.13. The lowest BCUT2D eigenvalue weighted by atomic mass is 9.79. The molecule has 5 nitrogen and oxygen atoms in total. The molecule has 0 radical (unpaired) electrons. The molecule has 0 bridgehead atoms. The van der Waals surface area contributed by atoms with Crippen molar-refractivity contribution in [3.63, 3.8) is 0 Å². The highest BCUT2D eigenvalue weighted by Crippen LogP contribution is 2.31. The van der Waals surface area contributed by atoms with Gasteiger partial charge in [-0.1, -0.05) is 6.92 Å². The van der Waals surface area contributed by atoms with Crippen LogP contribution in [0.4, 0.5) is 0 Å². The molecule has 1 aliphatic rings. The molecule has 2 heterocycles. The SMILES string of the molecule is CCC(NC(=O)C1(CN)CCOCC1)c1nccs1. The molecule has 0 saturated carbocycles. The van der Waals surface area contributed by atoms with Crippen molar-refractivity contribution in [1.82, 2.24) is 10.3 Å². The van der Waals surface area contributed by atoms with E-state index in [-0.39, 0.29) is 11.9 Å². The zero-order valence-electron chi connectivity index (χ0n) is 11.2. The van der Waals surface area contributed by atoms with Gasteiger partial charge in [-0.15, -0.1) is 11.3 Å². The number of ether oxygens (including phenoxy) is 1. The Hall–Kier alpha value is -0.980. The van der Waals surface area contributed by atoms with Crippen molar-refractivity contribution >= 4 is 17.2 Å². The normalized spacial score (nSPS) is 19.9. The summed E-state index contributed by atoms with van der Waals surface area (Å²) in [6.45, 7) is 3.64. The lowest BCUT2D eigenvalue weighted by Crippen LogP contribution is -2.49. The average molecular weight is 283 g/mol. The number of amides is 1. The Balaban J connectivity index is 2.06. The average Bonchev–Trinajstić information content (AvgIpc) is 2.99. The van der Waals surface area contributed by atoms with Crippen molar-refractivity contribution in [3.8, 4) is 0 Å². The largest absolute Gasteiger partial charge is 0.381 e. The summed E-state index contributed by atoms with van der Waals surface area (Å²) >= 11 is 1.57. The Kier molecular flexibility index (Phi) is 4.90. The Morgan fingerprint density at radius 1 is 1.63 bits per heavy atom. The minimum atomic E-state index is -0.469. The number of aromatic nitrogens is 1. The van der Waals surface area contributed by atoms with Crippen LogP contribution in [0.2, 0.25) is 0 Å². The van der Waals surface area contributed by atoms with E-state index >= 15 is 0 Å². The fourth-order valence-corrected chi connectivity index (χ4v) is 3.12. The summed E-state index contributed by atoms with van der Waals surface area (Å²) in [7, 11) is 0. The van der Waals surface area contributed by atoms with Gasteiger partial charge in [-0.2, -0.15) is 0 Å². The van der Waals surface area contributed by atoms with E-state index in [0.717, 1.165) is 11.4 Å². The van der Waals surface area contributed by atoms with Crippen LogP contribution in [0.3, 0.4) is 0 Å². The maximum atomic E-state index is 12.5. The molecule has 1 aliphatic heterocycles. The van der Waals surface area contributed by atoms with Crippen molar-refractivity contribution in [2.24, 2.45) is 11.1 Å². The number of nitrogens with one attached hydrogen (secondary N) is 1. The van der Waals surface area contributed by atoms with Crippen LogP contribution in [0.25, 0.3) is 0 Å². The highest BCUT2D eigenvalue weighted by molar-refractivity contribution is 7.09. The maximum absolute atomic E-state index is 12.5. The van der Waals surface area contributed by atoms with Crippen LogP contribution in [0, 0.1) is 5.41 Å². The van der Waals surface area contributed by atoms with Gasteiger partial charge in [0.05, 0.1) is 11.5 Å². The van der Waals surface area contributed by atoms with Gasteiger partial charge in [-0.25, -0.2) is 4.98 Å². The second-order valence-corrected chi connectivity index (χ2v) is 5.83. The lowest BCUT2D eigenvalue weighted by molar-refractivity contribution is -0.136. The standard InChI is InChI=1S/C13H21N3O2S/c1-2-10(11-15-5-8-19-11)16-12(17)13(9-14)3-6-18-7-4-13/h5,8,10H,2-4,6-7,9,14H2,1H3,(H,16,17). The number of nitrogens with zero attached hydrogens (tertiary/aromatic N) is 1. The molecule has 1 aromatic heterocycles. The molecular formula is C13H21N3O2S. The predicted octanol–water partition coefficient (Wildman–Crippen LogP) is 1.47. The van der Waals surface area contributed by atoms with Gasteiger partial charge in [0.2, 0.25) is 5.91 Å². The molecule has 0 aromatic carbocycles. The Morgan fingerprint density at radius 3 is 2.89 bits per heavy atom. The molecule has 1 amide bonds. The minimum Gasteiger partial charge on any atom is -0.381 e. The van der Waals surface area contributed by atoms with Crippen molar-refractivity contribution < 1.29 is 9.53 Å². The summed E-state index contributed by atoms with van der Waals surface area (Å²) in [6.07, 6.45) is 3.99. The van der Waals surface area contributed by atoms with Gasteiger partial charge in [0.25, 0.3) is 0 Å². The van der Waals surface area contributed by atoms with E-state index in [4.69, 9.17) is 10.5 Å². The summed E-state index contributed by atoms with van der Waals surface area (Å²) in [6, 6.07) is -0.0150. The number of hydrogen-bond donors (Lipinski definition) is 2. The molecule has 0 aliphatic carbocycles. The van der Waals surface area contributed by atoms with Gasteiger partial charge >= 0.3 is 0 Å². The number of carbonyl (C=O) groups excluding carboxylic acids is 1. The first kappa shape index (κ1) is 14.4. The van der Waals surface area contributed by atoms with Crippen LogP contribution in [0.5, 0.6) is 0 Å². The van der Waals surface area contributed by atoms with Crippen LogP contribution < -0.4 is 11.1 Å². The van der Waals surface area contributed by atoms with E-state index in [1.807, 2.05) is 12.3 Å². The zero-order chi connectivity index (χ0) is 13.7. The highest BCUT2D eigenvalue weighted by atomic mass is 32.1. The van der Waals surface area contributed by atoms with E-state index < -0.39 is 5.41 Å². The van der Waals surface area contributed by atoms with Gasteiger partial charge in [0.15, 0.2) is 0 Å². The number of rotatable bonds is 5. The molecule has 19 heavy (non-hydrogen) atoms. The summed E-state index contributed by atoms with van der Waals surface area (Å²) in [5.74, 6) is 0.0420. The molecule has 3 N–H and O–H groups in total. The maximum Gasteiger partial charge on any atom is 0.228 e. The van der Waals surface area contributed by atoms with Gasteiger partial charge in [0, 0.05) is 31.3 Å².